The fourth-order valence-electron chi connectivity index (χ4n) is 2.94. The van der Waals surface area contributed by atoms with Crippen molar-refractivity contribution in [2.75, 3.05) is 19.0 Å². The molecule has 8 heteroatoms. The maximum Gasteiger partial charge on any atom is 0.192 e. The molecular formula is C20H19N3O4S. The molecule has 3 heterocycles. The summed E-state index contributed by atoms with van der Waals surface area (Å²) < 4.78 is 18.3. The number of rotatable bonds is 7. The normalized spacial score (nSPS) is 12.8. The molecule has 0 N–H and O–H groups in total. The second kappa shape index (κ2) is 7.93. The molecule has 0 spiro atoms. The van der Waals surface area contributed by atoms with Crippen molar-refractivity contribution >= 4 is 17.5 Å². The molecule has 0 atom stereocenters. The van der Waals surface area contributed by atoms with Crippen LogP contribution in [-0.2, 0) is 6.54 Å². The Balaban J connectivity index is 1.52. The van der Waals surface area contributed by atoms with Gasteiger partial charge in [-0.15, -0.1) is 16.8 Å². The van der Waals surface area contributed by atoms with E-state index in [1.807, 2.05) is 17.6 Å². The van der Waals surface area contributed by atoms with Crippen molar-refractivity contribution < 1.29 is 18.7 Å². The fraction of sp³-hybridized carbons (Fsp3) is 0.250. The highest BCUT2D eigenvalue weighted by atomic mass is 32.2. The van der Waals surface area contributed by atoms with Crippen LogP contribution in [0.4, 0.5) is 0 Å². The molecule has 0 fully saturated rings. The molecule has 0 radical (unpaired) electrons. The summed E-state index contributed by atoms with van der Waals surface area (Å²) in [5, 5.41) is 9.19. The first-order chi connectivity index (χ1) is 13.7. The van der Waals surface area contributed by atoms with E-state index in [0.29, 0.717) is 47.8 Å². The van der Waals surface area contributed by atoms with Gasteiger partial charge in [0.05, 0.1) is 17.6 Å². The SMILES string of the molecule is C=CCn1c(SCC(=O)c2ccc3c(c2)OCCO3)nnc1-c1ccoc1C. The van der Waals surface area contributed by atoms with Gasteiger partial charge >= 0.3 is 0 Å². The van der Waals surface area contributed by atoms with Crippen molar-refractivity contribution in [2.45, 2.75) is 18.6 Å². The number of furan rings is 1. The highest BCUT2D eigenvalue weighted by Crippen LogP contribution is 2.32. The Morgan fingerprint density at radius 2 is 2.07 bits per heavy atom. The zero-order chi connectivity index (χ0) is 19.5. The maximum absolute atomic E-state index is 12.7. The van der Waals surface area contributed by atoms with E-state index in [4.69, 9.17) is 13.9 Å². The molecule has 1 aliphatic rings. The number of benzene rings is 1. The quantitative estimate of drug-likeness (QED) is 0.341. The Bertz CT molecular complexity index is 1020. The van der Waals surface area contributed by atoms with Gasteiger partial charge in [-0.2, -0.15) is 0 Å². The molecule has 144 valence electrons. The predicted octanol–water partition coefficient (Wildman–Crippen LogP) is 3.78. The Kier molecular flexibility index (Phi) is 5.21. The van der Waals surface area contributed by atoms with Crippen LogP contribution in [0.3, 0.4) is 0 Å². The molecule has 1 aliphatic heterocycles. The van der Waals surface area contributed by atoms with Crippen LogP contribution in [-0.4, -0.2) is 39.5 Å². The number of carbonyl (C=O) groups excluding carboxylic acids is 1. The summed E-state index contributed by atoms with van der Waals surface area (Å²) in [6, 6.07) is 7.11. The summed E-state index contributed by atoms with van der Waals surface area (Å²) in [5.74, 6) is 2.95. The van der Waals surface area contributed by atoms with E-state index in [1.165, 1.54) is 11.8 Å². The summed E-state index contributed by atoms with van der Waals surface area (Å²) in [6.07, 6.45) is 3.39. The van der Waals surface area contributed by atoms with Crippen molar-refractivity contribution in [3.05, 3.63) is 54.5 Å². The van der Waals surface area contributed by atoms with Gasteiger partial charge in [-0.3, -0.25) is 9.36 Å². The van der Waals surface area contributed by atoms with Gasteiger partial charge in [0, 0.05) is 12.1 Å². The van der Waals surface area contributed by atoms with Crippen LogP contribution in [0, 0.1) is 6.92 Å². The van der Waals surface area contributed by atoms with Crippen LogP contribution in [0.1, 0.15) is 16.1 Å². The number of ketones is 1. The third-order valence-electron chi connectivity index (χ3n) is 4.32. The molecule has 0 saturated carbocycles. The second-order valence-electron chi connectivity index (χ2n) is 6.17. The summed E-state index contributed by atoms with van der Waals surface area (Å²) in [5.41, 5.74) is 1.46. The molecule has 0 unspecified atom stereocenters. The van der Waals surface area contributed by atoms with Crippen molar-refractivity contribution in [3.8, 4) is 22.9 Å². The minimum Gasteiger partial charge on any atom is -0.486 e. The molecule has 0 bridgehead atoms. The topological polar surface area (TPSA) is 79.4 Å². The number of aromatic nitrogens is 3. The van der Waals surface area contributed by atoms with Gasteiger partial charge < -0.3 is 13.9 Å². The van der Waals surface area contributed by atoms with E-state index >= 15 is 0 Å². The lowest BCUT2D eigenvalue weighted by Crippen LogP contribution is -2.16. The average molecular weight is 397 g/mol. The smallest absolute Gasteiger partial charge is 0.192 e. The van der Waals surface area contributed by atoms with E-state index in [0.717, 1.165) is 11.3 Å². The minimum atomic E-state index is -0.0174. The number of allylic oxidation sites excluding steroid dienone is 1. The van der Waals surface area contributed by atoms with Crippen molar-refractivity contribution in [1.29, 1.82) is 0 Å². The van der Waals surface area contributed by atoms with Gasteiger partial charge in [-0.25, -0.2) is 0 Å². The number of nitrogens with zero attached hydrogens (tertiary/aromatic N) is 3. The lowest BCUT2D eigenvalue weighted by Gasteiger charge is -2.18. The van der Waals surface area contributed by atoms with Crippen molar-refractivity contribution in [2.24, 2.45) is 0 Å². The number of hydrogen-bond donors (Lipinski definition) is 0. The summed E-state index contributed by atoms with van der Waals surface area (Å²) in [6.45, 7) is 7.22. The molecule has 0 aliphatic carbocycles. The van der Waals surface area contributed by atoms with E-state index in [2.05, 4.69) is 16.8 Å². The molecule has 7 nitrogen and oxygen atoms in total. The Morgan fingerprint density at radius 1 is 1.25 bits per heavy atom. The summed E-state index contributed by atoms with van der Waals surface area (Å²) in [4.78, 5) is 12.7. The van der Waals surface area contributed by atoms with Crippen LogP contribution in [0.25, 0.3) is 11.4 Å². The van der Waals surface area contributed by atoms with E-state index in [1.54, 1.807) is 30.5 Å². The van der Waals surface area contributed by atoms with Crippen LogP contribution in [0.5, 0.6) is 11.5 Å². The van der Waals surface area contributed by atoms with Crippen LogP contribution in [0.2, 0.25) is 0 Å². The van der Waals surface area contributed by atoms with Crippen molar-refractivity contribution in [1.82, 2.24) is 14.8 Å². The molecule has 28 heavy (non-hydrogen) atoms. The third kappa shape index (κ3) is 3.55. The van der Waals surface area contributed by atoms with Gasteiger partial charge in [0.1, 0.15) is 19.0 Å². The monoisotopic (exact) mass is 397 g/mol. The highest BCUT2D eigenvalue weighted by molar-refractivity contribution is 7.99. The number of ether oxygens (including phenoxy) is 2. The van der Waals surface area contributed by atoms with E-state index in [9.17, 15) is 4.79 Å². The second-order valence-corrected chi connectivity index (χ2v) is 7.11. The average Bonchev–Trinajstić information content (AvgIpc) is 3.31. The number of thioether (sulfide) groups is 1. The van der Waals surface area contributed by atoms with Gasteiger partial charge in [-0.05, 0) is 31.2 Å². The molecule has 2 aromatic heterocycles. The molecular weight excluding hydrogens is 378 g/mol. The standard InChI is InChI=1S/C20H19N3O4S/c1-3-7-23-19(15-6-8-25-13(15)2)21-22-20(23)28-12-16(24)14-4-5-17-18(11-14)27-10-9-26-17/h3-6,8,11H,1,7,9-10,12H2,2H3. The minimum absolute atomic E-state index is 0.0174. The zero-order valence-corrected chi connectivity index (χ0v) is 16.2. The number of Topliss-reactive ketones (excluding diaryl/α,β-unsaturated/α-hetero) is 1. The molecule has 1 aromatic carbocycles. The van der Waals surface area contributed by atoms with Crippen molar-refractivity contribution in [3.63, 3.8) is 0 Å². The molecule has 3 aromatic rings. The van der Waals surface area contributed by atoms with Gasteiger partial charge in [0.25, 0.3) is 0 Å². The fourth-order valence-corrected chi connectivity index (χ4v) is 3.78. The van der Waals surface area contributed by atoms with Gasteiger partial charge in [-0.1, -0.05) is 17.8 Å². The molecule has 4 rings (SSSR count). The first-order valence-corrected chi connectivity index (χ1v) is 9.80. The number of fused-ring (bicyclic) bond motifs is 1. The maximum atomic E-state index is 12.7. The Labute approximate surface area is 166 Å². The largest absolute Gasteiger partial charge is 0.486 e. The lowest BCUT2D eigenvalue weighted by atomic mass is 10.1. The first kappa shape index (κ1) is 18.4. The first-order valence-electron chi connectivity index (χ1n) is 8.81. The third-order valence-corrected chi connectivity index (χ3v) is 5.29. The summed E-state index contributed by atoms with van der Waals surface area (Å²) in [7, 11) is 0. The Hall–Kier alpha value is -3.00. The lowest BCUT2D eigenvalue weighted by molar-refractivity contribution is 0.102. The summed E-state index contributed by atoms with van der Waals surface area (Å²) >= 11 is 1.34. The molecule has 0 amide bonds. The number of hydrogen-bond acceptors (Lipinski definition) is 7. The van der Waals surface area contributed by atoms with E-state index < -0.39 is 0 Å². The molecule has 0 saturated heterocycles. The predicted molar refractivity (Wildman–Crippen MR) is 105 cm³/mol. The number of carbonyl (C=O) groups is 1. The van der Waals surface area contributed by atoms with Crippen LogP contribution in [0.15, 0.2) is 52.8 Å². The van der Waals surface area contributed by atoms with Gasteiger partial charge in [0.15, 0.2) is 28.3 Å². The van der Waals surface area contributed by atoms with Crippen LogP contribution < -0.4 is 9.47 Å². The zero-order valence-electron chi connectivity index (χ0n) is 15.4. The van der Waals surface area contributed by atoms with E-state index in [-0.39, 0.29) is 11.5 Å². The Morgan fingerprint density at radius 3 is 2.82 bits per heavy atom. The van der Waals surface area contributed by atoms with Gasteiger partial charge in [0.2, 0.25) is 0 Å². The number of aryl methyl sites for hydroxylation is 1. The van der Waals surface area contributed by atoms with Crippen LogP contribution >= 0.6 is 11.8 Å². The highest BCUT2D eigenvalue weighted by Gasteiger charge is 2.19.